The summed E-state index contributed by atoms with van der Waals surface area (Å²) in [6, 6.07) is 0. The van der Waals surface area contributed by atoms with Crippen molar-refractivity contribution in [1.29, 1.82) is 0 Å². The zero-order valence-corrected chi connectivity index (χ0v) is 11.8. The minimum absolute atomic E-state index is 0.102. The second-order valence-electron chi connectivity index (χ2n) is 3.88. The van der Waals surface area contributed by atoms with E-state index in [-0.39, 0.29) is 31.0 Å². The highest BCUT2D eigenvalue weighted by molar-refractivity contribution is 5.86. The molecule has 0 spiro atoms. The fourth-order valence-corrected chi connectivity index (χ4v) is 1.17. The van der Waals surface area contributed by atoms with Crippen LogP contribution < -0.4 is 11.5 Å². The van der Waals surface area contributed by atoms with Gasteiger partial charge in [0.2, 0.25) is 0 Å². The maximum atomic E-state index is 10.6. The minimum atomic E-state index is -0.858. The van der Waals surface area contributed by atoms with Gasteiger partial charge in [0.25, 0.3) is 6.47 Å². The van der Waals surface area contributed by atoms with Crippen LogP contribution in [-0.2, 0) is 28.8 Å². The quantitative estimate of drug-likeness (QED) is 0.187. The summed E-state index contributed by atoms with van der Waals surface area (Å²) < 4.78 is 4.72. The Bertz CT molecular complexity index is 434. The maximum absolute atomic E-state index is 10.6. The first-order chi connectivity index (χ1) is 9.86. The molecule has 0 aliphatic heterocycles. The smallest absolute Gasteiger partial charge is 0.332 e. The van der Waals surface area contributed by atoms with Crippen LogP contribution in [0.4, 0.5) is 0 Å². The number of ether oxygens (including phenoxy) is 1. The van der Waals surface area contributed by atoms with E-state index in [1.807, 2.05) is 0 Å². The molecule has 0 aromatic rings. The van der Waals surface area contributed by atoms with Crippen molar-refractivity contribution in [2.45, 2.75) is 39.2 Å². The fraction of sp³-hybridized carbons (Fsp3) is 0.545. The van der Waals surface area contributed by atoms with Crippen LogP contribution >= 0.6 is 0 Å². The molecular formula is C11H18N4O6. The summed E-state index contributed by atoms with van der Waals surface area (Å²) in [4.78, 5) is 40.2. The number of carbonyl (C=O) groups excluding carboxylic acids is 3. The minimum Gasteiger partial charge on any atom is -0.456 e. The van der Waals surface area contributed by atoms with Crippen LogP contribution in [0, 0.1) is 0 Å². The van der Waals surface area contributed by atoms with Gasteiger partial charge in [0.15, 0.2) is 11.9 Å². The third kappa shape index (κ3) is 9.87. The number of nitrogens with zero attached hydrogens (tertiary/aromatic N) is 2. The molecule has 0 aromatic carbocycles. The van der Waals surface area contributed by atoms with Gasteiger partial charge in [0.05, 0.1) is 0 Å². The highest BCUT2D eigenvalue weighted by Crippen LogP contribution is 2.05. The average Bonchev–Trinajstić information content (AvgIpc) is 2.41. The molecule has 4 N–H and O–H groups in total. The predicted molar refractivity (Wildman–Crippen MR) is 71.6 cm³/mol. The molecule has 0 saturated heterocycles. The number of nitrogens with two attached hydrogens (primary N) is 2. The van der Waals surface area contributed by atoms with E-state index in [1.54, 1.807) is 0 Å². The molecule has 0 heterocycles. The lowest BCUT2D eigenvalue weighted by Gasteiger charge is -2.13. The zero-order valence-electron chi connectivity index (χ0n) is 11.8. The van der Waals surface area contributed by atoms with E-state index in [0.29, 0.717) is 6.42 Å². The van der Waals surface area contributed by atoms with Crippen LogP contribution in [0.3, 0.4) is 0 Å². The molecule has 0 aromatic heterocycles. The lowest BCUT2D eigenvalue weighted by Crippen LogP contribution is -2.32. The molecule has 0 amide bonds. The molecule has 0 aliphatic carbocycles. The molecule has 0 radical (unpaired) electrons. The van der Waals surface area contributed by atoms with Gasteiger partial charge in [-0.1, -0.05) is 10.3 Å². The van der Waals surface area contributed by atoms with Crippen molar-refractivity contribution in [1.82, 2.24) is 0 Å². The monoisotopic (exact) mass is 302 g/mol. The van der Waals surface area contributed by atoms with Crippen molar-refractivity contribution in [3.05, 3.63) is 0 Å². The zero-order chi connectivity index (χ0) is 16.3. The van der Waals surface area contributed by atoms with Gasteiger partial charge < -0.3 is 25.9 Å². The van der Waals surface area contributed by atoms with Crippen LogP contribution in [0.15, 0.2) is 10.3 Å². The Morgan fingerprint density at radius 2 is 1.71 bits per heavy atom. The molecule has 118 valence electrons. The van der Waals surface area contributed by atoms with Crippen LogP contribution in [-0.4, -0.2) is 36.2 Å². The predicted octanol–water partition coefficient (Wildman–Crippen LogP) is -0.631. The first kappa shape index (κ1) is 18.4. The van der Waals surface area contributed by atoms with Crippen LogP contribution in [0.25, 0.3) is 0 Å². The van der Waals surface area contributed by atoms with E-state index in [1.165, 1.54) is 6.92 Å². The third-order valence-corrected chi connectivity index (χ3v) is 2.02. The summed E-state index contributed by atoms with van der Waals surface area (Å²) in [5.41, 5.74) is 11.0. The molecule has 0 aliphatic rings. The van der Waals surface area contributed by atoms with E-state index in [2.05, 4.69) is 20.0 Å². The van der Waals surface area contributed by atoms with E-state index >= 15 is 0 Å². The molecule has 0 rings (SSSR count). The highest BCUT2D eigenvalue weighted by atomic mass is 16.7. The number of oxime groups is 2. The number of rotatable bonds is 9. The van der Waals surface area contributed by atoms with E-state index in [4.69, 9.17) is 16.2 Å². The highest BCUT2D eigenvalue weighted by Gasteiger charge is 2.15. The van der Waals surface area contributed by atoms with Crippen molar-refractivity contribution in [2.75, 3.05) is 0 Å². The first-order valence-electron chi connectivity index (χ1n) is 5.96. The van der Waals surface area contributed by atoms with Gasteiger partial charge in [-0.05, 0) is 12.8 Å². The molecule has 0 fully saturated rings. The van der Waals surface area contributed by atoms with Gasteiger partial charge >= 0.3 is 11.9 Å². The summed E-state index contributed by atoms with van der Waals surface area (Å²) in [6.07, 6.45) is 0.118. The summed E-state index contributed by atoms with van der Waals surface area (Å²) in [6.45, 7) is 2.55. The van der Waals surface area contributed by atoms with Gasteiger partial charge in [0.1, 0.15) is 5.84 Å². The summed E-state index contributed by atoms with van der Waals surface area (Å²) in [5.74, 6) is -1.29. The molecular weight excluding hydrogens is 284 g/mol. The second kappa shape index (κ2) is 10.2. The fourth-order valence-electron chi connectivity index (χ4n) is 1.17. The van der Waals surface area contributed by atoms with Gasteiger partial charge in [-0.3, -0.25) is 4.79 Å². The summed E-state index contributed by atoms with van der Waals surface area (Å²) >= 11 is 0. The van der Waals surface area contributed by atoms with Gasteiger partial charge in [-0.25, -0.2) is 9.59 Å². The molecule has 21 heavy (non-hydrogen) atoms. The summed E-state index contributed by atoms with van der Waals surface area (Å²) in [5, 5.41) is 6.70. The SMILES string of the molecule is CC(=O)ON=C(N)CCCC(OC=O)C(N)=NOC(C)=O. The van der Waals surface area contributed by atoms with Crippen molar-refractivity contribution in [3.8, 4) is 0 Å². The number of hydrogen-bond acceptors (Lipinski definition) is 8. The summed E-state index contributed by atoms with van der Waals surface area (Å²) in [7, 11) is 0. The van der Waals surface area contributed by atoms with Crippen molar-refractivity contribution >= 4 is 30.1 Å². The second-order valence-corrected chi connectivity index (χ2v) is 3.88. The molecule has 1 atom stereocenters. The Morgan fingerprint density at radius 3 is 2.24 bits per heavy atom. The van der Waals surface area contributed by atoms with Crippen LogP contribution in [0.2, 0.25) is 0 Å². The Kier molecular flexibility index (Phi) is 8.89. The lowest BCUT2D eigenvalue weighted by molar-refractivity contribution is -0.142. The van der Waals surface area contributed by atoms with Crippen molar-refractivity contribution in [3.63, 3.8) is 0 Å². The Hall–Kier alpha value is -2.65. The number of hydrogen-bond donors (Lipinski definition) is 2. The Labute approximate surface area is 121 Å². The van der Waals surface area contributed by atoms with E-state index in [9.17, 15) is 14.4 Å². The number of amidine groups is 2. The van der Waals surface area contributed by atoms with Crippen molar-refractivity contribution < 1.29 is 28.8 Å². The number of carbonyl (C=O) groups is 3. The third-order valence-electron chi connectivity index (χ3n) is 2.02. The standard InChI is InChI=1S/C11H18N4O6/c1-7(17)20-14-10(12)5-3-4-9(19-6-16)11(13)15-21-8(2)18/h6,9H,3-5H2,1-2H3,(H2,12,14)(H2,13,15). The average molecular weight is 302 g/mol. The largest absolute Gasteiger partial charge is 0.456 e. The normalized spacial score (nSPS) is 13.2. The van der Waals surface area contributed by atoms with E-state index < -0.39 is 18.0 Å². The molecule has 10 heteroatoms. The molecule has 0 bridgehead atoms. The van der Waals surface area contributed by atoms with Crippen LogP contribution in [0.5, 0.6) is 0 Å². The van der Waals surface area contributed by atoms with E-state index in [0.717, 1.165) is 6.92 Å². The lowest BCUT2D eigenvalue weighted by atomic mass is 10.1. The Balaban J connectivity index is 4.35. The van der Waals surface area contributed by atoms with Gasteiger partial charge in [-0.2, -0.15) is 0 Å². The van der Waals surface area contributed by atoms with Gasteiger partial charge in [-0.15, -0.1) is 0 Å². The van der Waals surface area contributed by atoms with Crippen molar-refractivity contribution in [2.24, 2.45) is 21.8 Å². The first-order valence-corrected chi connectivity index (χ1v) is 5.96. The maximum Gasteiger partial charge on any atom is 0.332 e. The molecule has 1 unspecified atom stereocenters. The molecule has 0 saturated carbocycles. The van der Waals surface area contributed by atoms with Gasteiger partial charge in [0, 0.05) is 20.3 Å². The molecule has 10 nitrogen and oxygen atoms in total. The topological polar surface area (TPSA) is 156 Å². The van der Waals surface area contributed by atoms with Crippen LogP contribution in [0.1, 0.15) is 33.1 Å². The Morgan fingerprint density at radius 1 is 1.14 bits per heavy atom.